The number of pyridine rings is 1. The molecule has 28 heavy (non-hydrogen) atoms. The molecule has 1 aliphatic rings. The van der Waals surface area contributed by atoms with Crippen molar-refractivity contribution in [3.63, 3.8) is 0 Å². The Kier molecular flexibility index (Phi) is 5.53. The van der Waals surface area contributed by atoms with Crippen molar-refractivity contribution in [2.45, 2.75) is 25.4 Å². The molecule has 1 aliphatic heterocycles. The number of hydrogen-bond acceptors (Lipinski definition) is 6. The predicted octanol–water partition coefficient (Wildman–Crippen LogP) is 1.84. The third-order valence-corrected chi connectivity index (χ3v) is 4.75. The number of amides is 2. The van der Waals surface area contributed by atoms with E-state index in [0.29, 0.717) is 5.69 Å². The van der Waals surface area contributed by atoms with E-state index in [4.69, 9.17) is 0 Å². The number of rotatable bonds is 5. The zero-order chi connectivity index (χ0) is 19.2. The molecule has 144 valence electrons. The Morgan fingerprint density at radius 2 is 2.04 bits per heavy atom. The van der Waals surface area contributed by atoms with E-state index in [1.54, 1.807) is 4.68 Å². The van der Waals surface area contributed by atoms with Gasteiger partial charge < -0.3 is 10.6 Å². The number of nitrogens with zero attached hydrogens (tertiary/aromatic N) is 6. The number of likely N-dealkylation sites (tertiary alicyclic amines) is 1. The maximum atomic E-state index is 12.4. The van der Waals surface area contributed by atoms with E-state index in [2.05, 4.69) is 36.0 Å². The molecule has 9 heteroatoms. The minimum absolute atomic E-state index is 0.169. The van der Waals surface area contributed by atoms with E-state index in [-0.39, 0.29) is 12.1 Å². The van der Waals surface area contributed by atoms with Crippen molar-refractivity contribution in [3.8, 4) is 5.69 Å². The lowest BCUT2D eigenvalue weighted by atomic mass is 10.1. The van der Waals surface area contributed by atoms with Crippen molar-refractivity contribution in [1.29, 1.82) is 0 Å². The van der Waals surface area contributed by atoms with E-state index in [1.807, 2.05) is 48.7 Å². The monoisotopic (exact) mass is 378 g/mol. The minimum Gasteiger partial charge on any atom is -0.335 e. The molecule has 0 aliphatic carbocycles. The molecular weight excluding hydrogens is 356 g/mol. The van der Waals surface area contributed by atoms with Gasteiger partial charge in [0.2, 0.25) is 0 Å². The van der Waals surface area contributed by atoms with Crippen LogP contribution in [0.4, 0.5) is 10.5 Å². The van der Waals surface area contributed by atoms with Gasteiger partial charge in [0.1, 0.15) is 6.33 Å². The summed E-state index contributed by atoms with van der Waals surface area (Å²) >= 11 is 0. The number of urea groups is 1. The maximum absolute atomic E-state index is 12.4. The largest absolute Gasteiger partial charge is 0.335 e. The Labute approximate surface area is 162 Å². The van der Waals surface area contributed by atoms with Gasteiger partial charge in [-0.25, -0.2) is 9.48 Å². The molecule has 0 bridgehead atoms. The highest BCUT2D eigenvalue weighted by Crippen LogP contribution is 2.15. The molecule has 2 aromatic heterocycles. The maximum Gasteiger partial charge on any atom is 0.319 e. The Bertz CT molecular complexity index is 891. The first-order valence-electron chi connectivity index (χ1n) is 9.29. The molecule has 0 saturated carbocycles. The summed E-state index contributed by atoms with van der Waals surface area (Å²) < 4.78 is 1.54. The molecule has 3 aromatic rings. The van der Waals surface area contributed by atoms with E-state index in [9.17, 15) is 4.79 Å². The van der Waals surface area contributed by atoms with Gasteiger partial charge in [-0.15, -0.1) is 5.10 Å². The van der Waals surface area contributed by atoms with Crippen molar-refractivity contribution < 1.29 is 4.79 Å². The lowest BCUT2D eigenvalue weighted by Crippen LogP contribution is -2.45. The van der Waals surface area contributed by atoms with Crippen LogP contribution in [0.15, 0.2) is 55.0 Å². The van der Waals surface area contributed by atoms with Crippen molar-refractivity contribution in [1.82, 2.24) is 35.4 Å². The second-order valence-electron chi connectivity index (χ2n) is 6.77. The summed E-state index contributed by atoms with van der Waals surface area (Å²) in [6, 6.07) is 13.3. The lowest BCUT2D eigenvalue weighted by molar-refractivity contribution is 0.188. The molecule has 0 spiro atoms. The highest BCUT2D eigenvalue weighted by Gasteiger charge is 2.21. The highest BCUT2D eigenvalue weighted by atomic mass is 16.2. The van der Waals surface area contributed by atoms with Gasteiger partial charge in [0.25, 0.3) is 0 Å². The Hall–Kier alpha value is -3.33. The van der Waals surface area contributed by atoms with Crippen LogP contribution in [0.3, 0.4) is 0 Å². The first-order chi connectivity index (χ1) is 13.8. The third kappa shape index (κ3) is 4.68. The van der Waals surface area contributed by atoms with Gasteiger partial charge in [0.05, 0.1) is 11.4 Å². The fourth-order valence-corrected chi connectivity index (χ4v) is 3.31. The summed E-state index contributed by atoms with van der Waals surface area (Å²) in [5, 5.41) is 17.1. The highest BCUT2D eigenvalue weighted by molar-refractivity contribution is 5.89. The van der Waals surface area contributed by atoms with Crippen LogP contribution in [-0.2, 0) is 6.54 Å². The van der Waals surface area contributed by atoms with Crippen LogP contribution in [0.5, 0.6) is 0 Å². The van der Waals surface area contributed by atoms with Crippen LogP contribution in [0.1, 0.15) is 18.5 Å². The van der Waals surface area contributed by atoms with Gasteiger partial charge in [-0.3, -0.25) is 9.88 Å². The van der Waals surface area contributed by atoms with E-state index in [0.717, 1.165) is 43.9 Å². The summed E-state index contributed by atoms with van der Waals surface area (Å²) in [6.07, 6.45) is 5.18. The number of anilines is 1. The molecular formula is C19H22N8O. The molecule has 1 saturated heterocycles. The van der Waals surface area contributed by atoms with Crippen LogP contribution in [0, 0.1) is 0 Å². The van der Waals surface area contributed by atoms with Crippen LogP contribution in [-0.4, -0.2) is 55.3 Å². The molecule has 3 heterocycles. The van der Waals surface area contributed by atoms with Crippen LogP contribution < -0.4 is 10.6 Å². The van der Waals surface area contributed by atoms with Gasteiger partial charge in [0, 0.05) is 37.6 Å². The standard InChI is InChI=1S/C19H22N8O/c28-19(23-16-5-3-6-18(12-16)27-14-21-24-25-27)22-15-7-10-26(11-8-15)13-17-4-1-2-9-20-17/h1-6,9,12,14-15H,7-8,10-11,13H2,(H2,22,23,28). The summed E-state index contributed by atoms with van der Waals surface area (Å²) in [5.74, 6) is 0. The van der Waals surface area contributed by atoms with Gasteiger partial charge in [-0.05, 0) is 53.6 Å². The number of tetrazole rings is 1. The number of carbonyl (C=O) groups excluding carboxylic acids is 1. The summed E-state index contributed by atoms with van der Waals surface area (Å²) in [4.78, 5) is 19.1. The van der Waals surface area contributed by atoms with Gasteiger partial charge in [-0.1, -0.05) is 12.1 Å². The predicted molar refractivity (Wildman–Crippen MR) is 104 cm³/mol. The van der Waals surface area contributed by atoms with E-state index < -0.39 is 0 Å². The molecule has 0 radical (unpaired) electrons. The molecule has 4 rings (SSSR count). The number of benzene rings is 1. The SMILES string of the molecule is O=C(Nc1cccc(-n2cnnn2)c1)NC1CCN(Cc2ccccn2)CC1. The normalized spacial score (nSPS) is 15.3. The van der Waals surface area contributed by atoms with Crippen LogP contribution in [0.2, 0.25) is 0 Å². The van der Waals surface area contributed by atoms with Crippen molar-refractivity contribution >= 4 is 11.7 Å². The number of aromatic nitrogens is 5. The Morgan fingerprint density at radius 1 is 1.14 bits per heavy atom. The summed E-state index contributed by atoms with van der Waals surface area (Å²) in [6.45, 7) is 2.73. The first-order valence-corrected chi connectivity index (χ1v) is 9.29. The van der Waals surface area contributed by atoms with Crippen molar-refractivity contribution in [3.05, 3.63) is 60.7 Å². The second-order valence-corrected chi connectivity index (χ2v) is 6.77. The zero-order valence-electron chi connectivity index (χ0n) is 15.4. The van der Waals surface area contributed by atoms with E-state index in [1.165, 1.54) is 6.33 Å². The smallest absolute Gasteiger partial charge is 0.319 e. The lowest BCUT2D eigenvalue weighted by Gasteiger charge is -2.32. The van der Waals surface area contributed by atoms with Gasteiger partial charge >= 0.3 is 6.03 Å². The first kappa shape index (κ1) is 18.1. The number of piperidine rings is 1. The fraction of sp³-hybridized carbons (Fsp3) is 0.316. The number of hydrogen-bond donors (Lipinski definition) is 2. The Morgan fingerprint density at radius 3 is 2.79 bits per heavy atom. The molecule has 0 atom stereocenters. The second kappa shape index (κ2) is 8.57. The fourth-order valence-electron chi connectivity index (χ4n) is 3.31. The van der Waals surface area contributed by atoms with Gasteiger partial charge in [0.15, 0.2) is 0 Å². The summed E-state index contributed by atoms with van der Waals surface area (Å²) in [7, 11) is 0. The number of carbonyl (C=O) groups is 1. The number of nitrogens with one attached hydrogen (secondary N) is 2. The van der Waals surface area contributed by atoms with Gasteiger partial charge in [-0.2, -0.15) is 0 Å². The van der Waals surface area contributed by atoms with Crippen LogP contribution in [0.25, 0.3) is 5.69 Å². The van der Waals surface area contributed by atoms with Crippen LogP contribution >= 0.6 is 0 Å². The molecule has 1 aromatic carbocycles. The van der Waals surface area contributed by atoms with Crippen molar-refractivity contribution in [2.24, 2.45) is 0 Å². The van der Waals surface area contributed by atoms with E-state index >= 15 is 0 Å². The minimum atomic E-state index is -0.197. The third-order valence-electron chi connectivity index (χ3n) is 4.75. The topological polar surface area (TPSA) is 101 Å². The average molecular weight is 378 g/mol. The zero-order valence-corrected chi connectivity index (χ0v) is 15.4. The van der Waals surface area contributed by atoms with Crippen molar-refractivity contribution in [2.75, 3.05) is 18.4 Å². The summed E-state index contributed by atoms with van der Waals surface area (Å²) in [5.41, 5.74) is 2.55. The average Bonchev–Trinajstić information content (AvgIpc) is 3.25. The molecule has 9 nitrogen and oxygen atoms in total. The molecule has 1 fully saturated rings. The quantitative estimate of drug-likeness (QED) is 0.703. The molecule has 2 N–H and O–H groups in total. The molecule has 2 amide bonds. The Balaban J connectivity index is 1.25. The molecule has 0 unspecified atom stereocenters.